The van der Waals surface area contributed by atoms with Crippen LogP contribution >= 0.6 is 18.1 Å². The zero-order valence-electron chi connectivity index (χ0n) is 27.4. The monoisotopic (exact) mass is 695 g/mol. The van der Waals surface area contributed by atoms with Crippen molar-refractivity contribution in [1.29, 1.82) is 0 Å². The van der Waals surface area contributed by atoms with Gasteiger partial charge < -0.3 is 14.6 Å². The van der Waals surface area contributed by atoms with Crippen molar-refractivity contribution in [2.75, 3.05) is 39.1 Å². The van der Waals surface area contributed by atoms with Gasteiger partial charge in [-0.1, -0.05) is 128 Å². The standard InChI is InChI=1S/C38H39ClN5O4P/c1-29(30-16-8-4-9-17-30)40-35-24-25-44(37(45)41-35)36-27-43(26-34(48-36)28-47-49(39,46)42(2)3)38(31-18-10-5-11-19-31,32-20-12-6-13-21-32)33-22-14-7-15-23-33/h4-25,34,36H,1,26-28H2,2-3H3,(H,40,41,45)/t34-,36+,49?/m0/s1. The maximum atomic E-state index is 13.7. The molecule has 252 valence electrons. The lowest BCUT2D eigenvalue weighted by molar-refractivity contribution is -0.148. The molecule has 6 rings (SSSR count). The molecular weight excluding hydrogens is 657 g/mol. The van der Waals surface area contributed by atoms with Gasteiger partial charge in [0.1, 0.15) is 5.82 Å². The minimum Gasteiger partial charge on any atom is -0.350 e. The van der Waals surface area contributed by atoms with E-state index in [1.54, 1.807) is 26.4 Å². The maximum Gasteiger partial charge on any atom is 0.362 e. The summed E-state index contributed by atoms with van der Waals surface area (Å²) in [4.78, 5) is 20.4. The molecule has 3 atom stereocenters. The molecule has 5 aromatic rings. The number of morpholine rings is 1. The molecule has 9 nitrogen and oxygen atoms in total. The normalized spacial score (nSPS) is 18.1. The van der Waals surface area contributed by atoms with E-state index >= 15 is 0 Å². The second-order valence-corrected chi connectivity index (χ2v) is 15.2. The summed E-state index contributed by atoms with van der Waals surface area (Å²) in [6.45, 7) is 1.12. The Hall–Kier alpha value is -4.34. The molecule has 0 radical (unpaired) electrons. The highest BCUT2D eigenvalue weighted by molar-refractivity contribution is 7.83. The van der Waals surface area contributed by atoms with Gasteiger partial charge in [-0.3, -0.25) is 14.0 Å². The molecule has 1 unspecified atom stereocenters. The molecular formula is C38H39ClN5O4P. The predicted octanol–water partition coefficient (Wildman–Crippen LogP) is 7.44. The summed E-state index contributed by atoms with van der Waals surface area (Å²) in [5.41, 5.74) is 3.31. The van der Waals surface area contributed by atoms with Crippen molar-refractivity contribution < 1.29 is 13.8 Å². The first-order chi connectivity index (χ1) is 23.7. The summed E-state index contributed by atoms with van der Waals surface area (Å²) in [6.07, 6.45) is 0.269. The molecule has 4 aromatic carbocycles. The Bertz CT molecular complexity index is 1870. The van der Waals surface area contributed by atoms with Gasteiger partial charge >= 0.3 is 12.6 Å². The predicted molar refractivity (Wildman–Crippen MR) is 195 cm³/mol. The van der Waals surface area contributed by atoms with E-state index in [2.05, 4.69) is 58.2 Å². The second kappa shape index (κ2) is 15.0. The Morgan fingerprint density at radius 1 is 0.898 bits per heavy atom. The van der Waals surface area contributed by atoms with Gasteiger partial charge in [-0.15, -0.1) is 0 Å². The van der Waals surface area contributed by atoms with Crippen molar-refractivity contribution in [1.82, 2.24) is 19.1 Å². The van der Waals surface area contributed by atoms with Crippen LogP contribution in [0.15, 0.2) is 145 Å². The first-order valence-corrected chi connectivity index (χ1v) is 18.5. The molecule has 1 N–H and O–H groups in total. The molecule has 0 bridgehead atoms. The van der Waals surface area contributed by atoms with E-state index in [9.17, 15) is 9.36 Å². The lowest BCUT2D eigenvalue weighted by Crippen LogP contribution is -2.58. The molecule has 0 amide bonds. The fraction of sp³-hybridized carbons (Fsp3) is 0.211. The minimum absolute atomic E-state index is 0.0703. The van der Waals surface area contributed by atoms with Crippen LogP contribution in [0.1, 0.15) is 28.5 Å². The number of nitrogens with one attached hydrogen (secondary N) is 1. The first-order valence-electron chi connectivity index (χ1n) is 16.0. The van der Waals surface area contributed by atoms with Crippen LogP contribution in [0.25, 0.3) is 5.70 Å². The fourth-order valence-electron chi connectivity index (χ4n) is 6.28. The molecule has 1 aromatic heterocycles. The number of hydrogen-bond acceptors (Lipinski definition) is 7. The van der Waals surface area contributed by atoms with Gasteiger partial charge in [-0.05, 0) is 53.7 Å². The highest BCUT2D eigenvalue weighted by atomic mass is 35.7. The summed E-state index contributed by atoms with van der Waals surface area (Å²) in [5, 5.41) is 3.14. The number of halogens is 1. The van der Waals surface area contributed by atoms with E-state index in [0.29, 0.717) is 24.6 Å². The first kappa shape index (κ1) is 34.5. The molecule has 1 saturated heterocycles. The summed E-state index contributed by atoms with van der Waals surface area (Å²) >= 11 is 6.30. The van der Waals surface area contributed by atoms with Crippen LogP contribution < -0.4 is 11.0 Å². The van der Waals surface area contributed by atoms with Crippen molar-refractivity contribution in [2.24, 2.45) is 0 Å². The molecule has 1 aliphatic rings. The average Bonchev–Trinajstić information content (AvgIpc) is 3.13. The van der Waals surface area contributed by atoms with E-state index in [1.165, 1.54) is 9.24 Å². The summed E-state index contributed by atoms with van der Waals surface area (Å²) in [6, 6.07) is 42.2. The van der Waals surface area contributed by atoms with Crippen molar-refractivity contribution in [2.45, 2.75) is 17.9 Å². The van der Waals surface area contributed by atoms with Crippen molar-refractivity contribution >= 4 is 29.6 Å². The molecule has 1 aliphatic heterocycles. The SMILES string of the molecule is C=C(Nc1ccn([C@H]2CN(C(c3ccccc3)(c3ccccc3)c3ccccc3)C[C@@H](COP(=O)(Cl)N(C)C)O2)c(=O)n1)c1ccccc1. The third-order valence-electron chi connectivity index (χ3n) is 8.64. The van der Waals surface area contributed by atoms with Gasteiger partial charge in [0, 0.05) is 25.0 Å². The molecule has 2 heterocycles. The highest BCUT2D eigenvalue weighted by Crippen LogP contribution is 2.54. The van der Waals surface area contributed by atoms with Crippen LogP contribution in [-0.2, 0) is 19.4 Å². The Morgan fingerprint density at radius 3 is 1.90 bits per heavy atom. The molecule has 49 heavy (non-hydrogen) atoms. The summed E-state index contributed by atoms with van der Waals surface area (Å²) in [7, 11) is 3.20. The lowest BCUT2D eigenvalue weighted by atomic mass is 9.75. The van der Waals surface area contributed by atoms with Crippen molar-refractivity contribution in [3.8, 4) is 0 Å². The third-order valence-corrected chi connectivity index (χ3v) is 11.3. The summed E-state index contributed by atoms with van der Waals surface area (Å²) in [5.74, 6) is 0.365. The van der Waals surface area contributed by atoms with Crippen LogP contribution in [-0.4, -0.2) is 59.0 Å². The number of rotatable bonds is 12. The Balaban J connectivity index is 1.43. The van der Waals surface area contributed by atoms with Crippen molar-refractivity contribution in [3.05, 3.63) is 173 Å². The number of ether oxygens (including phenoxy) is 1. The molecule has 0 saturated carbocycles. The van der Waals surface area contributed by atoms with E-state index in [0.717, 1.165) is 22.3 Å². The summed E-state index contributed by atoms with van der Waals surface area (Å²) < 4.78 is 28.3. The van der Waals surface area contributed by atoms with Crippen LogP contribution in [0.3, 0.4) is 0 Å². The minimum atomic E-state index is -3.60. The topological polar surface area (TPSA) is 88.9 Å². The van der Waals surface area contributed by atoms with Crippen LogP contribution in [0.5, 0.6) is 0 Å². The van der Waals surface area contributed by atoms with Gasteiger partial charge in [-0.25, -0.2) is 9.46 Å². The number of nitrogens with zero attached hydrogens (tertiary/aromatic N) is 4. The Morgan fingerprint density at radius 2 is 1.41 bits per heavy atom. The molecule has 11 heteroatoms. The molecule has 0 spiro atoms. The van der Waals surface area contributed by atoms with Gasteiger partial charge in [0.15, 0.2) is 6.23 Å². The fourth-order valence-corrected chi connectivity index (χ4v) is 7.03. The van der Waals surface area contributed by atoms with E-state index in [-0.39, 0.29) is 6.61 Å². The third kappa shape index (κ3) is 7.48. The number of benzene rings is 4. The Labute approximate surface area is 291 Å². The quantitative estimate of drug-likeness (QED) is 0.106. The largest absolute Gasteiger partial charge is 0.362 e. The van der Waals surface area contributed by atoms with Crippen LogP contribution in [0.2, 0.25) is 0 Å². The van der Waals surface area contributed by atoms with Gasteiger partial charge in [0.2, 0.25) is 0 Å². The average molecular weight is 696 g/mol. The number of anilines is 1. The second-order valence-electron chi connectivity index (χ2n) is 12.0. The zero-order chi connectivity index (χ0) is 34.4. The van der Waals surface area contributed by atoms with Crippen LogP contribution in [0.4, 0.5) is 5.82 Å². The Kier molecular flexibility index (Phi) is 10.6. The van der Waals surface area contributed by atoms with Gasteiger partial charge in [-0.2, -0.15) is 4.98 Å². The van der Waals surface area contributed by atoms with Crippen molar-refractivity contribution in [3.63, 3.8) is 0 Å². The maximum absolute atomic E-state index is 13.7. The van der Waals surface area contributed by atoms with Gasteiger partial charge in [0.25, 0.3) is 0 Å². The van der Waals surface area contributed by atoms with E-state index in [1.807, 2.05) is 84.9 Å². The molecule has 0 aliphatic carbocycles. The smallest absolute Gasteiger partial charge is 0.350 e. The lowest BCUT2D eigenvalue weighted by Gasteiger charge is -2.50. The van der Waals surface area contributed by atoms with E-state index in [4.69, 9.17) is 20.5 Å². The number of aromatic nitrogens is 2. The van der Waals surface area contributed by atoms with E-state index < -0.39 is 30.4 Å². The molecule has 1 fully saturated rings. The highest BCUT2D eigenvalue weighted by Gasteiger charge is 2.47. The van der Waals surface area contributed by atoms with Gasteiger partial charge in [0.05, 0.1) is 18.2 Å². The zero-order valence-corrected chi connectivity index (χ0v) is 29.1. The van der Waals surface area contributed by atoms with Crippen LogP contribution in [0, 0.1) is 0 Å². The number of hydrogen-bond donors (Lipinski definition) is 1.